The third-order valence-electron chi connectivity index (χ3n) is 4.98. The number of para-hydroxylation sites is 1. The lowest BCUT2D eigenvalue weighted by atomic mass is 9.88. The van der Waals surface area contributed by atoms with E-state index in [1.54, 1.807) is 18.3 Å². The van der Waals surface area contributed by atoms with E-state index >= 15 is 0 Å². The maximum absolute atomic E-state index is 12.7. The standard InChI is InChI=1S/C23H24ClNO3/c1-4-15-6-5-7-18-19(12-25-22(15)18)20(26)13-28-23(27)21(14(2)3)16-8-10-17(24)11-9-16/h5-12,14,21,25H,4,13H2,1-3H3/t21-/m1/s1. The molecular weight excluding hydrogens is 374 g/mol. The number of aromatic nitrogens is 1. The molecule has 0 aliphatic rings. The lowest BCUT2D eigenvalue weighted by Crippen LogP contribution is -2.23. The van der Waals surface area contributed by atoms with Gasteiger partial charge in [-0.05, 0) is 35.6 Å². The third-order valence-corrected chi connectivity index (χ3v) is 5.23. The van der Waals surface area contributed by atoms with Crippen molar-refractivity contribution in [3.63, 3.8) is 0 Å². The van der Waals surface area contributed by atoms with E-state index in [0.29, 0.717) is 10.6 Å². The molecule has 0 spiro atoms. The molecule has 3 aromatic rings. The molecule has 5 heteroatoms. The molecule has 28 heavy (non-hydrogen) atoms. The van der Waals surface area contributed by atoms with Crippen LogP contribution in [0.3, 0.4) is 0 Å². The average Bonchev–Trinajstić information content (AvgIpc) is 3.12. The number of ketones is 1. The largest absolute Gasteiger partial charge is 0.457 e. The summed E-state index contributed by atoms with van der Waals surface area (Å²) < 4.78 is 5.41. The number of halogens is 1. The number of carbonyl (C=O) groups excluding carboxylic acids is 2. The fraction of sp³-hybridized carbons (Fsp3) is 0.304. The number of aryl methyl sites for hydroxylation is 1. The highest BCUT2D eigenvalue weighted by atomic mass is 35.5. The fourth-order valence-electron chi connectivity index (χ4n) is 3.51. The topological polar surface area (TPSA) is 59.2 Å². The Morgan fingerprint density at radius 3 is 2.46 bits per heavy atom. The summed E-state index contributed by atoms with van der Waals surface area (Å²) in [6, 6.07) is 13.0. The number of Topliss-reactive ketones (excluding diaryl/α,β-unsaturated/α-hetero) is 1. The first-order valence-electron chi connectivity index (χ1n) is 9.46. The van der Waals surface area contributed by atoms with E-state index in [1.165, 1.54) is 0 Å². The molecular formula is C23H24ClNO3. The predicted octanol–water partition coefficient (Wildman–Crippen LogP) is 5.55. The van der Waals surface area contributed by atoms with E-state index in [2.05, 4.69) is 11.9 Å². The van der Waals surface area contributed by atoms with Crippen molar-refractivity contribution in [2.75, 3.05) is 6.61 Å². The van der Waals surface area contributed by atoms with Crippen LogP contribution in [0.25, 0.3) is 10.9 Å². The number of rotatable bonds is 7. The highest BCUT2D eigenvalue weighted by Gasteiger charge is 2.27. The van der Waals surface area contributed by atoms with Crippen molar-refractivity contribution in [3.05, 3.63) is 70.4 Å². The molecule has 0 aliphatic heterocycles. The Balaban J connectivity index is 1.74. The van der Waals surface area contributed by atoms with Crippen LogP contribution in [0.2, 0.25) is 5.02 Å². The second kappa shape index (κ2) is 8.61. The molecule has 146 valence electrons. The molecule has 1 aromatic heterocycles. The van der Waals surface area contributed by atoms with Gasteiger partial charge in [0.25, 0.3) is 0 Å². The Bertz CT molecular complexity index is 989. The summed E-state index contributed by atoms with van der Waals surface area (Å²) in [4.78, 5) is 28.6. The van der Waals surface area contributed by atoms with Gasteiger partial charge in [-0.3, -0.25) is 9.59 Å². The van der Waals surface area contributed by atoms with Crippen molar-refractivity contribution in [2.24, 2.45) is 5.92 Å². The van der Waals surface area contributed by atoms with Crippen LogP contribution in [0, 0.1) is 5.92 Å². The van der Waals surface area contributed by atoms with Gasteiger partial charge in [0.05, 0.1) is 5.92 Å². The average molecular weight is 398 g/mol. The molecule has 3 rings (SSSR count). The Morgan fingerprint density at radius 1 is 1.11 bits per heavy atom. The van der Waals surface area contributed by atoms with E-state index in [4.69, 9.17) is 16.3 Å². The lowest BCUT2D eigenvalue weighted by Gasteiger charge is -2.19. The number of fused-ring (bicyclic) bond motifs is 1. The van der Waals surface area contributed by atoms with E-state index in [1.807, 2.05) is 44.2 Å². The van der Waals surface area contributed by atoms with E-state index < -0.39 is 11.9 Å². The van der Waals surface area contributed by atoms with E-state index in [9.17, 15) is 9.59 Å². The molecule has 1 atom stereocenters. The van der Waals surface area contributed by atoms with Gasteiger partial charge in [-0.2, -0.15) is 0 Å². The number of nitrogens with one attached hydrogen (secondary N) is 1. The normalized spacial score (nSPS) is 12.3. The first-order chi connectivity index (χ1) is 13.4. The Hall–Kier alpha value is -2.59. The van der Waals surface area contributed by atoms with Gasteiger partial charge in [-0.25, -0.2) is 0 Å². The number of hydrogen-bond donors (Lipinski definition) is 1. The summed E-state index contributed by atoms with van der Waals surface area (Å²) in [6.45, 7) is 5.70. The molecule has 0 fully saturated rings. The van der Waals surface area contributed by atoms with Crippen molar-refractivity contribution >= 4 is 34.3 Å². The molecule has 2 aromatic carbocycles. The van der Waals surface area contributed by atoms with Crippen molar-refractivity contribution in [3.8, 4) is 0 Å². The van der Waals surface area contributed by atoms with E-state index in [0.717, 1.165) is 28.5 Å². The zero-order valence-corrected chi connectivity index (χ0v) is 17.0. The van der Waals surface area contributed by atoms with Gasteiger partial charge >= 0.3 is 5.97 Å². The van der Waals surface area contributed by atoms with Crippen LogP contribution in [-0.4, -0.2) is 23.3 Å². The van der Waals surface area contributed by atoms with E-state index in [-0.39, 0.29) is 18.3 Å². The molecule has 1 N–H and O–H groups in total. The maximum Gasteiger partial charge on any atom is 0.314 e. The molecule has 0 saturated heterocycles. The molecule has 0 amide bonds. The number of benzene rings is 2. The quantitative estimate of drug-likeness (QED) is 0.420. The van der Waals surface area contributed by atoms with Gasteiger partial charge in [0, 0.05) is 27.7 Å². The Morgan fingerprint density at radius 2 is 1.82 bits per heavy atom. The van der Waals surface area contributed by atoms with Crippen LogP contribution in [-0.2, 0) is 16.0 Å². The minimum absolute atomic E-state index is 0.0315. The molecule has 0 unspecified atom stereocenters. The number of ether oxygens (including phenoxy) is 1. The third kappa shape index (κ3) is 4.12. The lowest BCUT2D eigenvalue weighted by molar-refractivity contribution is -0.145. The first kappa shape index (κ1) is 20.2. The van der Waals surface area contributed by atoms with Gasteiger partial charge in [-0.15, -0.1) is 0 Å². The molecule has 4 nitrogen and oxygen atoms in total. The number of esters is 1. The number of aromatic amines is 1. The summed E-state index contributed by atoms with van der Waals surface area (Å²) in [7, 11) is 0. The van der Waals surface area contributed by atoms with Crippen molar-refractivity contribution < 1.29 is 14.3 Å². The van der Waals surface area contributed by atoms with Crippen LogP contribution in [0.5, 0.6) is 0 Å². The number of carbonyl (C=O) groups is 2. The van der Waals surface area contributed by atoms with Gasteiger partial charge in [0.15, 0.2) is 6.61 Å². The van der Waals surface area contributed by atoms with Crippen LogP contribution >= 0.6 is 11.6 Å². The van der Waals surface area contributed by atoms with Crippen molar-refractivity contribution in [2.45, 2.75) is 33.1 Å². The predicted molar refractivity (Wildman–Crippen MR) is 112 cm³/mol. The smallest absolute Gasteiger partial charge is 0.314 e. The molecule has 0 radical (unpaired) electrons. The molecule has 0 aliphatic carbocycles. The Kier molecular flexibility index (Phi) is 6.20. The second-order valence-electron chi connectivity index (χ2n) is 7.20. The number of H-pyrrole nitrogens is 1. The van der Waals surface area contributed by atoms with Crippen LogP contribution in [0.15, 0.2) is 48.7 Å². The van der Waals surface area contributed by atoms with Crippen LogP contribution in [0.4, 0.5) is 0 Å². The van der Waals surface area contributed by atoms with Gasteiger partial charge < -0.3 is 9.72 Å². The van der Waals surface area contributed by atoms with Crippen LogP contribution in [0.1, 0.15) is 48.2 Å². The zero-order valence-electron chi connectivity index (χ0n) is 16.3. The zero-order chi connectivity index (χ0) is 20.3. The fourth-order valence-corrected chi connectivity index (χ4v) is 3.64. The van der Waals surface area contributed by atoms with Gasteiger partial charge in [0.1, 0.15) is 0 Å². The highest BCUT2D eigenvalue weighted by Crippen LogP contribution is 2.28. The monoisotopic (exact) mass is 397 g/mol. The highest BCUT2D eigenvalue weighted by molar-refractivity contribution is 6.30. The SMILES string of the molecule is CCc1cccc2c(C(=O)COC(=O)[C@@H](c3ccc(Cl)cc3)C(C)C)c[nH]c12. The van der Waals surface area contributed by atoms with Crippen LogP contribution < -0.4 is 0 Å². The summed E-state index contributed by atoms with van der Waals surface area (Å²) in [5.74, 6) is -1.03. The summed E-state index contributed by atoms with van der Waals surface area (Å²) in [6.07, 6.45) is 2.57. The minimum atomic E-state index is -0.445. The molecule has 0 bridgehead atoms. The van der Waals surface area contributed by atoms with Crippen molar-refractivity contribution in [1.29, 1.82) is 0 Å². The molecule has 0 saturated carbocycles. The van der Waals surface area contributed by atoms with Crippen molar-refractivity contribution in [1.82, 2.24) is 4.98 Å². The Labute approximate surface area is 169 Å². The number of hydrogen-bond acceptors (Lipinski definition) is 3. The summed E-state index contributed by atoms with van der Waals surface area (Å²) in [5, 5.41) is 1.47. The second-order valence-corrected chi connectivity index (χ2v) is 7.64. The van der Waals surface area contributed by atoms with Gasteiger partial charge in [-0.1, -0.05) is 62.7 Å². The summed E-state index contributed by atoms with van der Waals surface area (Å²) in [5.41, 5.74) is 3.49. The first-order valence-corrected chi connectivity index (χ1v) is 9.84. The maximum atomic E-state index is 12.7. The molecule has 1 heterocycles. The minimum Gasteiger partial charge on any atom is -0.457 e. The van der Waals surface area contributed by atoms with Gasteiger partial charge in [0.2, 0.25) is 5.78 Å². The summed E-state index contributed by atoms with van der Waals surface area (Å²) >= 11 is 5.94.